The number of nitrogens with one attached hydrogen (secondary N) is 1. The van der Waals surface area contributed by atoms with Crippen LogP contribution in [0.1, 0.15) is 46.1 Å². The summed E-state index contributed by atoms with van der Waals surface area (Å²) in [7, 11) is -3.57. The summed E-state index contributed by atoms with van der Waals surface area (Å²) in [5.41, 5.74) is 0.364. The Labute approximate surface area is 167 Å². The molecule has 2 rings (SSSR count). The lowest BCUT2D eigenvalue weighted by Crippen LogP contribution is -2.47. The number of carbonyl (C=O) groups excluding carboxylic acids is 2. The number of sulfonamides is 1. The summed E-state index contributed by atoms with van der Waals surface area (Å²) in [5, 5.41) is 2.81. The zero-order chi connectivity index (χ0) is 20.9. The van der Waals surface area contributed by atoms with Crippen molar-refractivity contribution in [1.82, 2.24) is 9.62 Å². The van der Waals surface area contributed by atoms with Gasteiger partial charge in [-0.05, 0) is 57.7 Å². The highest BCUT2D eigenvalue weighted by Gasteiger charge is 2.30. The van der Waals surface area contributed by atoms with Crippen molar-refractivity contribution in [3.63, 3.8) is 0 Å². The van der Waals surface area contributed by atoms with Crippen LogP contribution in [0.25, 0.3) is 0 Å². The molecule has 1 aromatic rings. The van der Waals surface area contributed by atoms with Gasteiger partial charge in [0.25, 0.3) is 0 Å². The van der Waals surface area contributed by atoms with Crippen LogP contribution < -0.4 is 5.32 Å². The van der Waals surface area contributed by atoms with Crippen LogP contribution in [-0.4, -0.2) is 49.8 Å². The summed E-state index contributed by atoms with van der Waals surface area (Å²) < 4.78 is 32.4. The van der Waals surface area contributed by atoms with Gasteiger partial charge in [-0.3, -0.25) is 0 Å². The molecule has 1 N–H and O–H groups in total. The molecule has 7 nitrogen and oxygen atoms in total. The molecular weight excluding hydrogens is 380 g/mol. The number of aldehydes is 1. The third-order valence-corrected chi connectivity index (χ3v) is 6.44. The number of hydrogen-bond donors (Lipinski definition) is 1. The van der Waals surface area contributed by atoms with Crippen LogP contribution in [0.15, 0.2) is 29.2 Å². The fourth-order valence-electron chi connectivity index (χ4n) is 3.08. The Hall–Kier alpha value is -1.93. The maximum Gasteiger partial charge on any atom is 0.407 e. The van der Waals surface area contributed by atoms with Gasteiger partial charge in [0.15, 0.2) is 0 Å². The molecular formula is C20H30N2O5S. The summed E-state index contributed by atoms with van der Waals surface area (Å²) in [6.45, 7) is 7.90. The van der Waals surface area contributed by atoms with E-state index in [1.54, 1.807) is 45.0 Å². The van der Waals surface area contributed by atoms with E-state index in [9.17, 15) is 18.0 Å². The first-order chi connectivity index (χ1) is 13.0. The summed E-state index contributed by atoms with van der Waals surface area (Å²) in [5.74, 6) is -0.0982. The number of benzene rings is 1. The lowest BCUT2D eigenvalue weighted by Gasteiger charge is -2.32. The molecule has 156 valence electrons. The lowest BCUT2D eigenvalue weighted by atomic mass is 10.0. The van der Waals surface area contributed by atoms with Crippen molar-refractivity contribution >= 4 is 22.4 Å². The van der Waals surface area contributed by atoms with Crippen LogP contribution in [0.4, 0.5) is 4.79 Å². The Kier molecular flexibility index (Phi) is 7.22. The third-order valence-electron chi connectivity index (χ3n) is 4.53. The van der Waals surface area contributed by atoms with Gasteiger partial charge in [0.05, 0.1) is 4.90 Å². The molecule has 1 aromatic carbocycles. The van der Waals surface area contributed by atoms with E-state index in [1.807, 2.05) is 6.92 Å². The molecule has 1 fully saturated rings. The molecule has 1 atom stereocenters. The van der Waals surface area contributed by atoms with E-state index in [-0.39, 0.29) is 16.9 Å². The number of rotatable bonds is 6. The van der Waals surface area contributed by atoms with Gasteiger partial charge in [-0.1, -0.05) is 19.1 Å². The number of amides is 1. The molecule has 28 heavy (non-hydrogen) atoms. The van der Waals surface area contributed by atoms with Crippen molar-refractivity contribution in [3.8, 4) is 0 Å². The van der Waals surface area contributed by atoms with Gasteiger partial charge < -0.3 is 14.8 Å². The van der Waals surface area contributed by atoms with E-state index in [4.69, 9.17) is 4.74 Å². The zero-order valence-corrected chi connectivity index (χ0v) is 17.8. The predicted octanol–water partition coefficient (Wildman–Crippen LogP) is 2.74. The molecule has 1 amide bonds. The summed E-state index contributed by atoms with van der Waals surface area (Å²) in [6.07, 6.45) is 2.07. The van der Waals surface area contributed by atoms with Crippen molar-refractivity contribution in [2.45, 2.75) is 63.5 Å². The molecule has 0 aliphatic carbocycles. The first kappa shape index (κ1) is 22.4. The minimum atomic E-state index is -3.57. The summed E-state index contributed by atoms with van der Waals surface area (Å²) in [6, 6.07) is 6.59. The number of piperidine rings is 1. The van der Waals surface area contributed by atoms with Crippen molar-refractivity contribution in [2.24, 2.45) is 5.92 Å². The standard InChI is InChI=1S/C20H30N2O5S/c1-15(14-23)13-16-5-7-18(8-6-16)28(25,26)22-11-9-17(10-12-22)21-19(24)27-20(2,3)4/h5-8,14-15,17H,9-13H2,1-4H3,(H,21,24). The Morgan fingerprint density at radius 3 is 2.32 bits per heavy atom. The number of nitrogens with zero attached hydrogens (tertiary/aromatic N) is 1. The minimum Gasteiger partial charge on any atom is -0.444 e. The van der Waals surface area contributed by atoms with E-state index in [0.29, 0.717) is 32.4 Å². The van der Waals surface area contributed by atoms with Crippen LogP contribution in [0, 0.1) is 5.92 Å². The van der Waals surface area contributed by atoms with Gasteiger partial charge in [-0.15, -0.1) is 0 Å². The molecule has 0 aromatic heterocycles. The first-order valence-electron chi connectivity index (χ1n) is 9.55. The molecule has 1 aliphatic rings. The van der Waals surface area contributed by atoms with Crippen molar-refractivity contribution in [1.29, 1.82) is 0 Å². The number of alkyl carbamates (subject to hydrolysis) is 1. The fraction of sp³-hybridized carbons (Fsp3) is 0.600. The second kappa shape index (κ2) is 9.05. The zero-order valence-electron chi connectivity index (χ0n) is 17.0. The molecule has 0 radical (unpaired) electrons. The molecule has 0 spiro atoms. The van der Waals surface area contributed by atoms with Crippen LogP contribution in [0.2, 0.25) is 0 Å². The Morgan fingerprint density at radius 2 is 1.82 bits per heavy atom. The molecule has 0 saturated carbocycles. The van der Waals surface area contributed by atoms with E-state index < -0.39 is 21.7 Å². The number of hydrogen-bond acceptors (Lipinski definition) is 5. The maximum atomic E-state index is 12.9. The van der Waals surface area contributed by atoms with Crippen LogP contribution in [0.5, 0.6) is 0 Å². The quantitative estimate of drug-likeness (QED) is 0.728. The molecule has 1 heterocycles. The number of carbonyl (C=O) groups is 2. The summed E-state index contributed by atoms with van der Waals surface area (Å²) in [4.78, 5) is 22.9. The Morgan fingerprint density at radius 1 is 1.25 bits per heavy atom. The summed E-state index contributed by atoms with van der Waals surface area (Å²) >= 11 is 0. The Bertz CT molecular complexity index is 776. The van der Waals surface area contributed by atoms with Crippen molar-refractivity contribution in [3.05, 3.63) is 29.8 Å². The van der Waals surface area contributed by atoms with Crippen LogP contribution in [-0.2, 0) is 26.0 Å². The molecule has 0 bridgehead atoms. The predicted molar refractivity (Wildman–Crippen MR) is 107 cm³/mol. The monoisotopic (exact) mass is 410 g/mol. The van der Waals surface area contributed by atoms with E-state index in [1.165, 1.54) is 4.31 Å². The normalized spacial score (nSPS) is 17.7. The van der Waals surface area contributed by atoms with Gasteiger partial charge in [0.1, 0.15) is 11.9 Å². The van der Waals surface area contributed by atoms with Gasteiger partial charge in [0, 0.05) is 25.0 Å². The molecule has 1 saturated heterocycles. The average molecular weight is 411 g/mol. The number of ether oxygens (including phenoxy) is 1. The fourth-order valence-corrected chi connectivity index (χ4v) is 4.55. The largest absolute Gasteiger partial charge is 0.444 e. The van der Waals surface area contributed by atoms with Gasteiger partial charge in [-0.2, -0.15) is 4.31 Å². The van der Waals surface area contributed by atoms with Crippen molar-refractivity contribution < 1.29 is 22.7 Å². The molecule has 1 aliphatic heterocycles. The van der Waals surface area contributed by atoms with E-state index in [2.05, 4.69) is 5.32 Å². The highest BCUT2D eigenvalue weighted by Crippen LogP contribution is 2.22. The minimum absolute atomic E-state index is 0.0982. The molecule has 1 unspecified atom stereocenters. The topological polar surface area (TPSA) is 92.8 Å². The van der Waals surface area contributed by atoms with Gasteiger partial charge >= 0.3 is 6.09 Å². The first-order valence-corrected chi connectivity index (χ1v) is 11.0. The van der Waals surface area contributed by atoms with E-state index in [0.717, 1.165) is 11.8 Å². The highest BCUT2D eigenvalue weighted by atomic mass is 32.2. The second-order valence-corrected chi connectivity index (χ2v) is 10.2. The second-order valence-electron chi connectivity index (χ2n) is 8.29. The van der Waals surface area contributed by atoms with E-state index >= 15 is 0 Å². The van der Waals surface area contributed by atoms with Crippen LogP contribution >= 0.6 is 0 Å². The average Bonchev–Trinajstić information content (AvgIpc) is 2.61. The lowest BCUT2D eigenvalue weighted by molar-refractivity contribution is -0.110. The van der Waals surface area contributed by atoms with Crippen LogP contribution in [0.3, 0.4) is 0 Å². The third kappa shape index (κ3) is 6.31. The Balaban J connectivity index is 1.93. The van der Waals surface area contributed by atoms with Crippen molar-refractivity contribution in [2.75, 3.05) is 13.1 Å². The smallest absolute Gasteiger partial charge is 0.407 e. The maximum absolute atomic E-state index is 12.9. The molecule has 8 heteroatoms. The SMILES string of the molecule is CC(C=O)Cc1ccc(S(=O)(=O)N2CCC(NC(=O)OC(C)(C)C)CC2)cc1. The van der Waals surface area contributed by atoms with Gasteiger partial charge in [0.2, 0.25) is 10.0 Å². The van der Waals surface area contributed by atoms with Gasteiger partial charge in [-0.25, -0.2) is 13.2 Å². The highest BCUT2D eigenvalue weighted by molar-refractivity contribution is 7.89.